The van der Waals surface area contributed by atoms with Gasteiger partial charge in [-0.05, 0) is 6.07 Å². The molecule has 2 N–H and O–H groups in total. The van der Waals surface area contributed by atoms with Crippen LogP contribution >= 0.6 is 15.9 Å². The molecule has 0 bridgehead atoms. The van der Waals surface area contributed by atoms with Crippen LogP contribution in [0.25, 0.3) is 0 Å². The van der Waals surface area contributed by atoms with Crippen LogP contribution in [0.4, 0.5) is 4.39 Å². The largest absolute Gasteiger partial charge is 0.502 e. The van der Waals surface area contributed by atoms with Crippen LogP contribution in [0.1, 0.15) is 11.7 Å². The molecule has 0 saturated carbocycles. The van der Waals surface area contributed by atoms with Gasteiger partial charge >= 0.3 is 5.97 Å². The van der Waals surface area contributed by atoms with E-state index in [1.807, 2.05) is 0 Å². The molecular formula is C10H10BrFO5. The lowest BCUT2D eigenvalue weighted by Crippen LogP contribution is -2.15. The highest BCUT2D eigenvalue weighted by molar-refractivity contribution is 9.10. The Balaban J connectivity index is 3.35. The number of ether oxygens (including phenoxy) is 2. The average molecular weight is 309 g/mol. The number of halogens is 2. The number of hydrogen-bond donors (Lipinski definition) is 2. The standard InChI is InChI=1S/C10H10BrFO5/c1-16-5-3-4(11)6(7(12)8(5)13)9(14)10(15)17-2/h3,9,13-14H,1-2H3. The lowest BCUT2D eigenvalue weighted by Gasteiger charge is -2.14. The molecule has 5 nitrogen and oxygen atoms in total. The summed E-state index contributed by atoms with van der Waals surface area (Å²) < 4.78 is 22.8. The number of aromatic hydroxyl groups is 1. The molecule has 1 aromatic rings. The molecule has 0 aliphatic carbocycles. The van der Waals surface area contributed by atoms with Crippen LogP contribution < -0.4 is 4.74 Å². The van der Waals surface area contributed by atoms with E-state index in [2.05, 4.69) is 20.7 Å². The molecule has 0 aromatic heterocycles. The third-order valence-corrected chi connectivity index (χ3v) is 2.77. The number of aliphatic hydroxyl groups is 1. The summed E-state index contributed by atoms with van der Waals surface area (Å²) in [6.07, 6.45) is -1.83. The normalized spacial score (nSPS) is 12.1. The first-order valence-electron chi connectivity index (χ1n) is 4.44. The molecule has 0 amide bonds. The molecular weight excluding hydrogens is 299 g/mol. The summed E-state index contributed by atoms with van der Waals surface area (Å²) in [5, 5.41) is 19.0. The van der Waals surface area contributed by atoms with Gasteiger partial charge in [-0.2, -0.15) is 0 Å². The molecule has 0 saturated heterocycles. The maximum Gasteiger partial charge on any atom is 0.339 e. The fourth-order valence-electron chi connectivity index (χ4n) is 1.24. The third kappa shape index (κ3) is 2.50. The van der Waals surface area contributed by atoms with Crippen LogP contribution in [-0.4, -0.2) is 30.4 Å². The van der Waals surface area contributed by atoms with Crippen molar-refractivity contribution in [1.29, 1.82) is 0 Å². The van der Waals surface area contributed by atoms with Crippen molar-refractivity contribution >= 4 is 21.9 Å². The Kier molecular flexibility index (Phi) is 4.30. The van der Waals surface area contributed by atoms with Gasteiger partial charge in [0.1, 0.15) is 0 Å². The summed E-state index contributed by atoms with van der Waals surface area (Å²) in [5.41, 5.74) is -0.407. The van der Waals surface area contributed by atoms with Crippen molar-refractivity contribution in [1.82, 2.24) is 0 Å². The van der Waals surface area contributed by atoms with E-state index >= 15 is 0 Å². The van der Waals surface area contributed by atoms with E-state index < -0.39 is 29.2 Å². The van der Waals surface area contributed by atoms with E-state index in [0.29, 0.717) is 0 Å². The first-order valence-corrected chi connectivity index (χ1v) is 5.24. The zero-order valence-electron chi connectivity index (χ0n) is 9.03. The zero-order valence-corrected chi connectivity index (χ0v) is 10.6. The van der Waals surface area contributed by atoms with Gasteiger partial charge in [-0.1, -0.05) is 15.9 Å². The maximum absolute atomic E-state index is 13.7. The van der Waals surface area contributed by atoms with E-state index in [9.17, 15) is 19.4 Å². The number of hydrogen-bond acceptors (Lipinski definition) is 5. The molecule has 17 heavy (non-hydrogen) atoms. The second-order valence-electron chi connectivity index (χ2n) is 3.06. The van der Waals surface area contributed by atoms with Crippen molar-refractivity contribution in [2.24, 2.45) is 0 Å². The first-order chi connectivity index (χ1) is 7.93. The number of phenols is 1. The quantitative estimate of drug-likeness (QED) is 0.828. The van der Waals surface area contributed by atoms with Gasteiger partial charge in [-0.25, -0.2) is 9.18 Å². The molecule has 1 rings (SSSR count). The summed E-state index contributed by atoms with van der Waals surface area (Å²) in [5.74, 6) is -3.08. The van der Waals surface area contributed by atoms with E-state index in [1.54, 1.807) is 0 Å². The second kappa shape index (κ2) is 5.33. The smallest absolute Gasteiger partial charge is 0.339 e. The highest BCUT2D eigenvalue weighted by Crippen LogP contribution is 2.39. The van der Waals surface area contributed by atoms with Crippen LogP contribution in [0.3, 0.4) is 0 Å². The molecule has 7 heteroatoms. The molecule has 1 unspecified atom stereocenters. The predicted octanol–water partition coefficient (Wildman–Crippen LogP) is 1.51. The Bertz CT molecular complexity index is 449. The van der Waals surface area contributed by atoms with Gasteiger partial charge < -0.3 is 19.7 Å². The second-order valence-corrected chi connectivity index (χ2v) is 3.92. The van der Waals surface area contributed by atoms with Crippen LogP contribution in [0, 0.1) is 5.82 Å². The summed E-state index contributed by atoms with van der Waals surface area (Å²) in [4.78, 5) is 11.1. The van der Waals surface area contributed by atoms with E-state index in [-0.39, 0.29) is 10.2 Å². The van der Waals surface area contributed by atoms with Crippen molar-refractivity contribution in [2.75, 3.05) is 14.2 Å². The number of carbonyl (C=O) groups is 1. The third-order valence-electron chi connectivity index (χ3n) is 2.11. The Morgan fingerprint density at radius 1 is 1.53 bits per heavy atom. The molecule has 0 aliphatic heterocycles. The van der Waals surface area contributed by atoms with Crippen molar-refractivity contribution in [2.45, 2.75) is 6.10 Å². The fourth-order valence-corrected chi connectivity index (χ4v) is 1.84. The van der Waals surface area contributed by atoms with E-state index in [1.165, 1.54) is 13.2 Å². The van der Waals surface area contributed by atoms with Crippen molar-refractivity contribution in [3.8, 4) is 11.5 Å². The molecule has 0 aliphatic rings. The Labute approximate surface area is 105 Å². The van der Waals surface area contributed by atoms with E-state index in [0.717, 1.165) is 7.11 Å². The zero-order chi connectivity index (χ0) is 13.2. The van der Waals surface area contributed by atoms with Gasteiger partial charge in [-0.15, -0.1) is 0 Å². The lowest BCUT2D eigenvalue weighted by molar-refractivity contribution is -0.150. The minimum absolute atomic E-state index is 0.0857. The minimum Gasteiger partial charge on any atom is -0.502 e. The van der Waals surface area contributed by atoms with Crippen molar-refractivity contribution in [3.05, 3.63) is 21.9 Å². The van der Waals surface area contributed by atoms with Crippen LogP contribution in [0.15, 0.2) is 10.5 Å². The number of aliphatic hydroxyl groups excluding tert-OH is 1. The van der Waals surface area contributed by atoms with Gasteiger partial charge in [0.2, 0.25) is 0 Å². The minimum atomic E-state index is -1.83. The number of rotatable bonds is 3. The molecule has 0 radical (unpaired) electrons. The molecule has 0 fully saturated rings. The first kappa shape index (κ1) is 13.7. The summed E-state index contributed by atoms with van der Waals surface area (Å²) in [6, 6.07) is 1.24. The Morgan fingerprint density at radius 2 is 2.12 bits per heavy atom. The fraction of sp³-hybridized carbons (Fsp3) is 0.300. The molecule has 1 atom stereocenters. The number of esters is 1. The highest BCUT2D eigenvalue weighted by atomic mass is 79.9. The number of methoxy groups -OCH3 is 2. The highest BCUT2D eigenvalue weighted by Gasteiger charge is 2.28. The van der Waals surface area contributed by atoms with Gasteiger partial charge in [0.15, 0.2) is 23.4 Å². The number of carbonyl (C=O) groups excluding carboxylic acids is 1. The van der Waals surface area contributed by atoms with Crippen molar-refractivity contribution < 1.29 is 28.9 Å². The molecule has 94 valence electrons. The monoisotopic (exact) mass is 308 g/mol. The molecule has 0 heterocycles. The van der Waals surface area contributed by atoms with Crippen molar-refractivity contribution in [3.63, 3.8) is 0 Å². The lowest BCUT2D eigenvalue weighted by atomic mass is 10.1. The Morgan fingerprint density at radius 3 is 2.59 bits per heavy atom. The van der Waals surface area contributed by atoms with Gasteiger partial charge in [0, 0.05) is 10.0 Å². The number of benzene rings is 1. The summed E-state index contributed by atoms with van der Waals surface area (Å²) in [7, 11) is 2.30. The molecule has 1 aromatic carbocycles. The summed E-state index contributed by atoms with van der Waals surface area (Å²) in [6.45, 7) is 0. The average Bonchev–Trinajstić information content (AvgIpc) is 2.32. The van der Waals surface area contributed by atoms with Crippen LogP contribution in [0.5, 0.6) is 11.5 Å². The SMILES string of the molecule is COC(=O)C(O)c1c(Br)cc(OC)c(O)c1F. The van der Waals surface area contributed by atoms with Crippen LogP contribution in [0.2, 0.25) is 0 Å². The summed E-state index contributed by atoms with van der Waals surface area (Å²) >= 11 is 2.97. The predicted molar refractivity (Wildman–Crippen MR) is 59.3 cm³/mol. The Hall–Kier alpha value is -1.34. The van der Waals surface area contributed by atoms with E-state index in [4.69, 9.17) is 4.74 Å². The van der Waals surface area contributed by atoms with Gasteiger partial charge in [-0.3, -0.25) is 0 Å². The van der Waals surface area contributed by atoms with Gasteiger partial charge in [0.25, 0.3) is 0 Å². The van der Waals surface area contributed by atoms with Crippen LogP contribution in [-0.2, 0) is 9.53 Å². The molecule has 0 spiro atoms. The number of phenolic OH excluding ortho intramolecular Hbond substituents is 1. The maximum atomic E-state index is 13.7. The topological polar surface area (TPSA) is 76.0 Å². The van der Waals surface area contributed by atoms with Gasteiger partial charge in [0.05, 0.1) is 14.2 Å².